The van der Waals surface area contributed by atoms with Crippen molar-refractivity contribution in [1.82, 2.24) is 25.5 Å². The van der Waals surface area contributed by atoms with E-state index >= 15 is 0 Å². The standard InChI is InChI=1S/C11H13N5O/c1-7-10(6-12-8(2)15-7)11(17)13-5-9-3-4-14-16-9/h3-4,6H,5H2,1-2H3,(H,13,17)(H,14,16). The fourth-order valence-corrected chi connectivity index (χ4v) is 1.46. The number of hydrogen-bond acceptors (Lipinski definition) is 4. The van der Waals surface area contributed by atoms with Gasteiger partial charge in [-0.2, -0.15) is 5.10 Å². The maximum Gasteiger partial charge on any atom is 0.255 e. The number of amides is 1. The minimum absolute atomic E-state index is 0.183. The van der Waals surface area contributed by atoms with Crippen molar-refractivity contribution in [2.75, 3.05) is 0 Å². The molecule has 2 N–H and O–H groups in total. The quantitative estimate of drug-likeness (QED) is 0.816. The van der Waals surface area contributed by atoms with Crippen molar-refractivity contribution in [2.24, 2.45) is 0 Å². The third kappa shape index (κ3) is 2.66. The first-order valence-corrected chi connectivity index (χ1v) is 5.23. The number of nitrogens with zero attached hydrogens (tertiary/aromatic N) is 3. The number of aryl methyl sites for hydroxylation is 2. The lowest BCUT2D eigenvalue weighted by atomic mass is 10.2. The predicted octanol–water partition coefficient (Wildman–Crippen LogP) is 0.747. The van der Waals surface area contributed by atoms with Gasteiger partial charge in [0.25, 0.3) is 5.91 Å². The maximum atomic E-state index is 11.8. The highest BCUT2D eigenvalue weighted by atomic mass is 16.1. The van der Waals surface area contributed by atoms with E-state index < -0.39 is 0 Å². The van der Waals surface area contributed by atoms with Gasteiger partial charge in [-0.15, -0.1) is 0 Å². The minimum Gasteiger partial charge on any atom is -0.346 e. The summed E-state index contributed by atoms with van der Waals surface area (Å²) in [6.07, 6.45) is 3.18. The van der Waals surface area contributed by atoms with Crippen LogP contribution in [0, 0.1) is 13.8 Å². The third-order valence-electron chi connectivity index (χ3n) is 2.34. The molecule has 88 valence electrons. The summed E-state index contributed by atoms with van der Waals surface area (Å²) in [6, 6.07) is 1.80. The molecule has 6 nitrogen and oxygen atoms in total. The van der Waals surface area contributed by atoms with E-state index in [9.17, 15) is 4.79 Å². The number of H-pyrrole nitrogens is 1. The summed E-state index contributed by atoms with van der Waals surface area (Å²) in [5.74, 6) is 0.477. The highest BCUT2D eigenvalue weighted by molar-refractivity contribution is 5.94. The molecule has 0 fully saturated rings. The molecule has 0 unspecified atom stereocenters. The second-order valence-corrected chi connectivity index (χ2v) is 3.68. The van der Waals surface area contributed by atoms with E-state index in [0.717, 1.165) is 5.69 Å². The van der Waals surface area contributed by atoms with E-state index in [1.807, 2.05) is 0 Å². The van der Waals surface area contributed by atoms with Crippen LogP contribution in [0.2, 0.25) is 0 Å². The molecule has 0 saturated carbocycles. The molecule has 0 spiro atoms. The molecule has 0 aromatic carbocycles. The molecule has 0 aliphatic heterocycles. The first kappa shape index (κ1) is 11.3. The number of aromatic amines is 1. The van der Waals surface area contributed by atoms with Crippen molar-refractivity contribution in [3.8, 4) is 0 Å². The normalized spacial score (nSPS) is 10.2. The molecule has 0 aliphatic carbocycles. The number of carbonyl (C=O) groups is 1. The van der Waals surface area contributed by atoms with E-state index in [-0.39, 0.29) is 5.91 Å². The third-order valence-corrected chi connectivity index (χ3v) is 2.34. The highest BCUT2D eigenvalue weighted by Gasteiger charge is 2.10. The van der Waals surface area contributed by atoms with Crippen LogP contribution in [-0.4, -0.2) is 26.1 Å². The van der Waals surface area contributed by atoms with Crippen LogP contribution in [0.4, 0.5) is 0 Å². The zero-order valence-corrected chi connectivity index (χ0v) is 9.69. The summed E-state index contributed by atoms with van der Waals surface area (Å²) in [4.78, 5) is 20.0. The van der Waals surface area contributed by atoms with E-state index in [1.165, 1.54) is 0 Å². The molecule has 0 aliphatic rings. The SMILES string of the molecule is Cc1ncc(C(=O)NCc2ccn[nH]2)c(C)n1. The number of rotatable bonds is 3. The Labute approximate surface area is 98.5 Å². The topological polar surface area (TPSA) is 83.6 Å². The van der Waals surface area contributed by atoms with Crippen molar-refractivity contribution in [3.05, 3.63) is 41.2 Å². The fourth-order valence-electron chi connectivity index (χ4n) is 1.46. The Kier molecular flexibility index (Phi) is 3.13. The molecule has 2 rings (SSSR count). The summed E-state index contributed by atoms with van der Waals surface area (Å²) in [5, 5.41) is 9.34. The first-order valence-electron chi connectivity index (χ1n) is 5.23. The van der Waals surface area contributed by atoms with Crippen molar-refractivity contribution in [3.63, 3.8) is 0 Å². The number of hydrogen-bond donors (Lipinski definition) is 2. The van der Waals surface area contributed by atoms with Crippen LogP contribution < -0.4 is 5.32 Å². The summed E-state index contributed by atoms with van der Waals surface area (Å²) < 4.78 is 0. The molecular formula is C11H13N5O. The van der Waals surface area contributed by atoms with Gasteiger partial charge in [-0.1, -0.05) is 0 Å². The average Bonchev–Trinajstić information content (AvgIpc) is 2.78. The lowest BCUT2D eigenvalue weighted by molar-refractivity contribution is 0.0949. The van der Waals surface area contributed by atoms with Crippen LogP contribution in [0.25, 0.3) is 0 Å². The van der Waals surface area contributed by atoms with E-state index in [2.05, 4.69) is 25.5 Å². The fraction of sp³-hybridized carbons (Fsp3) is 0.273. The lowest BCUT2D eigenvalue weighted by Crippen LogP contribution is -2.24. The van der Waals surface area contributed by atoms with Gasteiger partial charge in [-0.3, -0.25) is 9.89 Å². The van der Waals surface area contributed by atoms with E-state index in [0.29, 0.717) is 23.6 Å². The van der Waals surface area contributed by atoms with Crippen molar-refractivity contribution in [1.29, 1.82) is 0 Å². The molecule has 0 bridgehead atoms. The number of carbonyl (C=O) groups excluding carboxylic acids is 1. The van der Waals surface area contributed by atoms with Crippen LogP contribution in [0.1, 0.15) is 27.6 Å². The van der Waals surface area contributed by atoms with Crippen LogP contribution in [0.15, 0.2) is 18.5 Å². The summed E-state index contributed by atoms with van der Waals surface area (Å²) in [6.45, 7) is 3.99. The van der Waals surface area contributed by atoms with Gasteiger partial charge in [0, 0.05) is 12.4 Å². The lowest BCUT2D eigenvalue weighted by Gasteiger charge is -2.06. The van der Waals surface area contributed by atoms with Gasteiger partial charge >= 0.3 is 0 Å². The first-order chi connectivity index (χ1) is 8.16. The van der Waals surface area contributed by atoms with E-state index in [4.69, 9.17) is 0 Å². The van der Waals surface area contributed by atoms with Crippen molar-refractivity contribution < 1.29 is 4.79 Å². The molecule has 0 radical (unpaired) electrons. The Morgan fingerprint density at radius 3 is 2.94 bits per heavy atom. The maximum absolute atomic E-state index is 11.8. The predicted molar refractivity (Wildman–Crippen MR) is 61.3 cm³/mol. The Balaban J connectivity index is 2.04. The smallest absolute Gasteiger partial charge is 0.255 e. The van der Waals surface area contributed by atoms with Gasteiger partial charge < -0.3 is 5.32 Å². The van der Waals surface area contributed by atoms with Gasteiger partial charge in [-0.25, -0.2) is 9.97 Å². The molecule has 17 heavy (non-hydrogen) atoms. The summed E-state index contributed by atoms with van der Waals surface area (Å²) in [5.41, 5.74) is 2.03. The molecule has 0 atom stereocenters. The number of nitrogens with one attached hydrogen (secondary N) is 2. The monoisotopic (exact) mass is 231 g/mol. The largest absolute Gasteiger partial charge is 0.346 e. The molecule has 2 aromatic heterocycles. The van der Waals surface area contributed by atoms with E-state index in [1.54, 1.807) is 32.3 Å². The molecule has 6 heteroatoms. The van der Waals surface area contributed by atoms with Crippen molar-refractivity contribution >= 4 is 5.91 Å². The molecular weight excluding hydrogens is 218 g/mol. The molecule has 1 amide bonds. The summed E-state index contributed by atoms with van der Waals surface area (Å²) in [7, 11) is 0. The Bertz CT molecular complexity index is 521. The average molecular weight is 231 g/mol. The zero-order valence-electron chi connectivity index (χ0n) is 9.69. The Hall–Kier alpha value is -2.24. The zero-order chi connectivity index (χ0) is 12.3. The van der Waals surface area contributed by atoms with Crippen LogP contribution >= 0.6 is 0 Å². The Morgan fingerprint density at radius 2 is 2.29 bits per heavy atom. The van der Waals surface area contributed by atoms with Gasteiger partial charge in [0.2, 0.25) is 0 Å². The van der Waals surface area contributed by atoms with Gasteiger partial charge in [0.15, 0.2) is 0 Å². The highest BCUT2D eigenvalue weighted by Crippen LogP contribution is 2.04. The van der Waals surface area contributed by atoms with Crippen LogP contribution in [0.3, 0.4) is 0 Å². The second-order valence-electron chi connectivity index (χ2n) is 3.68. The van der Waals surface area contributed by atoms with Crippen molar-refractivity contribution in [2.45, 2.75) is 20.4 Å². The second kappa shape index (κ2) is 4.73. The van der Waals surface area contributed by atoms with Gasteiger partial charge in [0.1, 0.15) is 5.82 Å². The summed E-state index contributed by atoms with van der Waals surface area (Å²) >= 11 is 0. The minimum atomic E-state index is -0.183. The molecule has 0 saturated heterocycles. The van der Waals surface area contributed by atoms with Gasteiger partial charge in [-0.05, 0) is 19.9 Å². The Morgan fingerprint density at radius 1 is 1.47 bits per heavy atom. The molecule has 2 aromatic rings. The molecule has 2 heterocycles. The van der Waals surface area contributed by atoms with Crippen LogP contribution in [-0.2, 0) is 6.54 Å². The number of aromatic nitrogens is 4. The van der Waals surface area contributed by atoms with Gasteiger partial charge in [0.05, 0.1) is 23.5 Å². The van der Waals surface area contributed by atoms with Crippen LogP contribution in [0.5, 0.6) is 0 Å².